The fraction of sp³-hybridized carbons (Fsp3) is 1.00. The zero-order valence-corrected chi connectivity index (χ0v) is 14.4. The molecule has 0 aliphatic heterocycles. The quantitative estimate of drug-likeness (QED) is 0.623. The molecule has 0 bridgehead atoms. The molecule has 0 heterocycles. The zero-order chi connectivity index (χ0) is 14.7. The van der Waals surface area contributed by atoms with Gasteiger partial charge in [-0.1, -0.05) is 48.5 Å². The van der Waals surface area contributed by atoms with Gasteiger partial charge in [0.1, 0.15) is 0 Å². The second-order valence-electron chi connectivity index (χ2n) is 8.31. The third kappa shape index (κ3) is 4.77. The Hall–Kier alpha value is -0.0400. The number of ether oxygens (including phenoxy) is 1. The second-order valence-corrected chi connectivity index (χ2v) is 8.31. The van der Waals surface area contributed by atoms with Gasteiger partial charge in [0.05, 0.1) is 12.7 Å². The van der Waals surface area contributed by atoms with Crippen LogP contribution < -0.4 is 0 Å². The molecule has 1 aliphatic carbocycles. The van der Waals surface area contributed by atoms with E-state index in [1.165, 1.54) is 32.1 Å². The van der Waals surface area contributed by atoms with Crippen LogP contribution in [0.3, 0.4) is 0 Å². The van der Waals surface area contributed by atoms with Gasteiger partial charge in [-0.2, -0.15) is 0 Å². The van der Waals surface area contributed by atoms with Crippen molar-refractivity contribution in [3.8, 4) is 0 Å². The molecule has 1 aliphatic rings. The van der Waals surface area contributed by atoms with Gasteiger partial charge in [-0.25, -0.2) is 0 Å². The summed E-state index contributed by atoms with van der Waals surface area (Å²) >= 11 is 0. The maximum Gasteiger partial charge on any atom is 0.0575 e. The van der Waals surface area contributed by atoms with Gasteiger partial charge >= 0.3 is 0 Å². The molecule has 19 heavy (non-hydrogen) atoms. The van der Waals surface area contributed by atoms with Crippen molar-refractivity contribution in [1.29, 1.82) is 0 Å². The Kier molecular flexibility index (Phi) is 5.92. The lowest BCUT2D eigenvalue weighted by Gasteiger charge is -2.39. The van der Waals surface area contributed by atoms with Crippen LogP contribution in [0.25, 0.3) is 0 Å². The van der Waals surface area contributed by atoms with Crippen LogP contribution in [0.15, 0.2) is 0 Å². The molecule has 0 aromatic rings. The fourth-order valence-electron chi connectivity index (χ4n) is 3.08. The van der Waals surface area contributed by atoms with Crippen LogP contribution in [0.4, 0.5) is 0 Å². The van der Waals surface area contributed by atoms with Gasteiger partial charge in [0.25, 0.3) is 0 Å². The first-order chi connectivity index (χ1) is 8.69. The van der Waals surface area contributed by atoms with Gasteiger partial charge in [0.15, 0.2) is 0 Å². The Morgan fingerprint density at radius 1 is 1.00 bits per heavy atom. The van der Waals surface area contributed by atoms with Crippen molar-refractivity contribution in [1.82, 2.24) is 0 Å². The Balaban J connectivity index is 2.38. The Bertz CT molecular complexity index is 255. The molecular formula is C18H36O. The van der Waals surface area contributed by atoms with Crippen LogP contribution in [-0.2, 0) is 4.74 Å². The monoisotopic (exact) mass is 268 g/mol. The normalized spacial score (nSPS) is 28.4. The van der Waals surface area contributed by atoms with Gasteiger partial charge in [-0.3, -0.25) is 0 Å². The van der Waals surface area contributed by atoms with Crippen molar-refractivity contribution < 1.29 is 4.74 Å². The lowest BCUT2D eigenvalue weighted by molar-refractivity contribution is -0.0488. The molecule has 0 radical (unpaired) electrons. The SMILES string of the molecule is CCC(C)(COC1CCC(C(C)(C)C)CC1)C(C)C. The molecule has 0 amide bonds. The summed E-state index contributed by atoms with van der Waals surface area (Å²) in [4.78, 5) is 0. The molecule has 0 saturated heterocycles. The van der Waals surface area contributed by atoms with E-state index in [1.807, 2.05) is 0 Å². The third-order valence-corrected chi connectivity index (χ3v) is 5.75. The Morgan fingerprint density at radius 2 is 1.53 bits per heavy atom. The molecule has 114 valence electrons. The van der Waals surface area contributed by atoms with E-state index in [4.69, 9.17) is 4.74 Å². The predicted octanol–water partition coefficient (Wildman–Crippen LogP) is 5.68. The molecule has 1 saturated carbocycles. The molecule has 1 fully saturated rings. The maximum absolute atomic E-state index is 6.26. The van der Waals surface area contributed by atoms with Crippen LogP contribution in [-0.4, -0.2) is 12.7 Å². The summed E-state index contributed by atoms with van der Waals surface area (Å²) in [6.07, 6.45) is 6.95. The van der Waals surface area contributed by atoms with Gasteiger partial charge in [-0.15, -0.1) is 0 Å². The topological polar surface area (TPSA) is 9.23 Å². The summed E-state index contributed by atoms with van der Waals surface area (Å²) in [6.45, 7) is 17.4. The van der Waals surface area contributed by atoms with Crippen molar-refractivity contribution in [2.75, 3.05) is 6.61 Å². The van der Waals surface area contributed by atoms with E-state index in [1.54, 1.807) is 0 Å². The molecular weight excluding hydrogens is 232 g/mol. The summed E-state index contributed by atoms with van der Waals surface area (Å²) < 4.78 is 6.26. The summed E-state index contributed by atoms with van der Waals surface area (Å²) in [5.74, 6) is 1.58. The first-order valence-electron chi connectivity index (χ1n) is 8.30. The van der Waals surface area contributed by atoms with Gasteiger partial charge in [0, 0.05) is 0 Å². The first kappa shape index (κ1) is 17.0. The number of rotatable bonds is 5. The van der Waals surface area contributed by atoms with E-state index in [-0.39, 0.29) is 0 Å². The van der Waals surface area contributed by atoms with E-state index in [2.05, 4.69) is 48.5 Å². The molecule has 0 aromatic heterocycles. The van der Waals surface area contributed by atoms with Crippen LogP contribution >= 0.6 is 0 Å². The van der Waals surface area contributed by atoms with Gasteiger partial charge in [-0.05, 0) is 54.8 Å². The minimum Gasteiger partial charge on any atom is -0.378 e. The number of hydrogen-bond donors (Lipinski definition) is 0. The minimum atomic E-state index is 0.348. The summed E-state index contributed by atoms with van der Waals surface area (Å²) in [6, 6.07) is 0. The highest BCUT2D eigenvalue weighted by Gasteiger charge is 2.32. The zero-order valence-electron chi connectivity index (χ0n) is 14.4. The smallest absolute Gasteiger partial charge is 0.0575 e. The lowest BCUT2D eigenvalue weighted by Crippen LogP contribution is -2.34. The van der Waals surface area contributed by atoms with Crippen LogP contribution in [0.5, 0.6) is 0 Å². The summed E-state index contributed by atoms with van der Waals surface area (Å²) in [5.41, 5.74) is 0.821. The van der Waals surface area contributed by atoms with Crippen LogP contribution in [0.2, 0.25) is 0 Å². The number of hydrogen-bond acceptors (Lipinski definition) is 1. The van der Waals surface area contributed by atoms with Crippen molar-refractivity contribution in [2.45, 2.75) is 86.7 Å². The van der Waals surface area contributed by atoms with Crippen LogP contribution in [0, 0.1) is 22.7 Å². The average Bonchev–Trinajstić information content (AvgIpc) is 2.35. The van der Waals surface area contributed by atoms with Crippen molar-refractivity contribution in [2.24, 2.45) is 22.7 Å². The van der Waals surface area contributed by atoms with Gasteiger partial charge in [0.2, 0.25) is 0 Å². The van der Waals surface area contributed by atoms with E-state index in [0.29, 0.717) is 22.9 Å². The van der Waals surface area contributed by atoms with E-state index in [9.17, 15) is 0 Å². The highest BCUT2D eigenvalue weighted by molar-refractivity contribution is 4.82. The summed E-state index contributed by atoms with van der Waals surface area (Å²) in [5, 5.41) is 0. The van der Waals surface area contributed by atoms with E-state index >= 15 is 0 Å². The molecule has 1 rings (SSSR count). The maximum atomic E-state index is 6.26. The van der Waals surface area contributed by atoms with E-state index in [0.717, 1.165) is 12.5 Å². The van der Waals surface area contributed by atoms with Crippen molar-refractivity contribution in [3.05, 3.63) is 0 Å². The molecule has 1 atom stereocenters. The predicted molar refractivity (Wildman–Crippen MR) is 84.4 cm³/mol. The van der Waals surface area contributed by atoms with E-state index < -0.39 is 0 Å². The third-order valence-electron chi connectivity index (χ3n) is 5.75. The highest BCUT2D eigenvalue weighted by atomic mass is 16.5. The Labute approximate surface area is 121 Å². The van der Waals surface area contributed by atoms with Crippen molar-refractivity contribution in [3.63, 3.8) is 0 Å². The minimum absolute atomic E-state index is 0.348. The molecule has 0 N–H and O–H groups in total. The van der Waals surface area contributed by atoms with Crippen LogP contribution in [0.1, 0.15) is 80.6 Å². The fourth-order valence-corrected chi connectivity index (χ4v) is 3.08. The molecule has 1 heteroatoms. The molecule has 1 unspecified atom stereocenters. The molecule has 1 nitrogen and oxygen atoms in total. The molecule has 0 spiro atoms. The first-order valence-corrected chi connectivity index (χ1v) is 8.30. The average molecular weight is 268 g/mol. The second kappa shape index (κ2) is 6.61. The molecule has 0 aromatic carbocycles. The van der Waals surface area contributed by atoms with Gasteiger partial charge < -0.3 is 4.74 Å². The highest BCUT2D eigenvalue weighted by Crippen LogP contribution is 2.39. The lowest BCUT2D eigenvalue weighted by atomic mass is 9.71. The van der Waals surface area contributed by atoms with Crippen molar-refractivity contribution >= 4 is 0 Å². The Morgan fingerprint density at radius 3 is 1.89 bits per heavy atom. The standard InChI is InChI=1S/C18H36O/c1-8-18(7,14(2)3)13-19-16-11-9-15(10-12-16)17(4,5)6/h14-16H,8-13H2,1-7H3. The summed E-state index contributed by atoms with van der Waals surface area (Å²) in [7, 11) is 0. The largest absolute Gasteiger partial charge is 0.378 e.